The van der Waals surface area contributed by atoms with E-state index in [1.54, 1.807) is 42.5 Å². The quantitative estimate of drug-likeness (QED) is 0.905. The summed E-state index contributed by atoms with van der Waals surface area (Å²) in [6.07, 6.45) is 0.178. The molecule has 0 radical (unpaired) electrons. The molecule has 0 spiro atoms. The van der Waals surface area contributed by atoms with Crippen molar-refractivity contribution in [2.24, 2.45) is 0 Å². The van der Waals surface area contributed by atoms with Gasteiger partial charge in [-0.05, 0) is 35.4 Å². The summed E-state index contributed by atoms with van der Waals surface area (Å²) in [5.41, 5.74) is 2.20. The second-order valence-electron chi connectivity index (χ2n) is 4.32. The maximum atomic E-state index is 11.9. The zero-order valence-electron chi connectivity index (χ0n) is 10.6. The number of aliphatic hydroxyl groups is 1. The fourth-order valence-electron chi connectivity index (χ4n) is 1.74. The van der Waals surface area contributed by atoms with Gasteiger partial charge in [0.15, 0.2) is 0 Å². The third-order valence-corrected chi connectivity index (χ3v) is 3.37. The second kappa shape index (κ2) is 6.75. The fraction of sp³-hybridized carbons (Fsp3) is 0.133. The third-order valence-electron chi connectivity index (χ3n) is 2.79. The van der Waals surface area contributed by atoms with E-state index in [-0.39, 0.29) is 18.9 Å². The smallest absolute Gasteiger partial charge is 0.228 e. The second-order valence-corrected chi connectivity index (χ2v) is 5.16. The Morgan fingerprint density at radius 1 is 1.10 bits per heavy atom. The average Bonchev–Trinajstić information content (AvgIpc) is 2.43. The minimum absolute atomic E-state index is 0.0192. The van der Waals surface area contributed by atoms with Crippen LogP contribution in [-0.2, 0) is 17.8 Å². The molecule has 1 amide bonds. The minimum Gasteiger partial charge on any atom is -0.392 e. The van der Waals surface area contributed by atoms with Crippen molar-refractivity contribution in [3.63, 3.8) is 0 Å². The summed E-state index contributed by atoms with van der Waals surface area (Å²) < 4.78 is 0. The summed E-state index contributed by atoms with van der Waals surface area (Å²) in [6.45, 7) is -0.0192. The SMILES string of the molecule is O=C(Cc1ccc(Cl)cc1Cl)Nc1ccc(CO)cc1. The van der Waals surface area contributed by atoms with Gasteiger partial charge in [0.2, 0.25) is 5.91 Å². The number of hydrogen-bond acceptors (Lipinski definition) is 2. The lowest BCUT2D eigenvalue weighted by Gasteiger charge is -2.07. The first kappa shape index (κ1) is 14.9. The summed E-state index contributed by atoms with van der Waals surface area (Å²) in [7, 11) is 0. The van der Waals surface area contributed by atoms with Crippen LogP contribution in [0.5, 0.6) is 0 Å². The molecule has 20 heavy (non-hydrogen) atoms. The molecule has 0 aliphatic rings. The lowest BCUT2D eigenvalue weighted by atomic mass is 10.1. The number of hydrogen-bond donors (Lipinski definition) is 2. The topological polar surface area (TPSA) is 49.3 Å². The predicted octanol–water partition coefficient (Wildman–Crippen LogP) is 3.67. The van der Waals surface area contributed by atoms with Crippen LogP contribution in [0.15, 0.2) is 42.5 Å². The lowest BCUT2D eigenvalue weighted by Crippen LogP contribution is -2.14. The highest BCUT2D eigenvalue weighted by molar-refractivity contribution is 6.35. The Labute approximate surface area is 127 Å². The highest BCUT2D eigenvalue weighted by Gasteiger charge is 2.08. The van der Waals surface area contributed by atoms with Gasteiger partial charge in [-0.15, -0.1) is 0 Å². The first-order valence-corrected chi connectivity index (χ1v) is 6.77. The molecule has 0 aliphatic heterocycles. The number of carbonyl (C=O) groups excluding carboxylic acids is 1. The molecule has 0 saturated carbocycles. The van der Waals surface area contributed by atoms with Crippen molar-refractivity contribution in [3.05, 3.63) is 63.6 Å². The molecule has 104 valence electrons. The van der Waals surface area contributed by atoms with Crippen molar-refractivity contribution >= 4 is 34.8 Å². The Morgan fingerprint density at radius 3 is 2.40 bits per heavy atom. The van der Waals surface area contributed by atoms with E-state index in [1.807, 2.05) is 0 Å². The molecule has 2 aromatic rings. The number of anilines is 1. The summed E-state index contributed by atoms with van der Waals surface area (Å²) in [5.74, 6) is -0.161. The summed E-state index contributed by atoms with van der Waals surface area (Å²) in [5, 5.41) is 12.7. The molecule has 2 rings (SSSR count). The van der Waals surface area contributed by atoms with Crippen LogP contribution in [-0.4, -0.2) is 11.0 Å². The lowest BCUT2D eigenvalue weighted by molar-refractivity contribution is -0.115. The Balaban J connectivity index is 2.01. The number of rotatable bonds is 4. The van der Waals surface area contributed by atoms with Gasteiger partial charge < -0.3 is 10.4 Å². The molecule has 0 heterocycles. The van der Waals surface area contributed by atoms with Gasteiger partial charge >= 0.3 is 0 Å². The number of amides is 1. The number of benzene rings is 2. The maximum absolute atomic E-state index is 11.9. The molecule has 0 unspecified atom stereocenters. The number of aliphatic hydroxyl groups excluding tert-OH is 1. The summed E-state index contributed by atoms with van der Waals surface area (Å²) >= 11 is 11.8. The molecule has 0 aromatic heterocycles. The van der Waals surface area contributed by atoms with Gasteiger partial charge in [-0.25, -0.2) is 0 Å². The maximum Gasteiger partial charge on any atom is 0.228 e. The van der Waals surface area contributed by atoms with Crippen molar-refractivity contribution in [3.8, 4) is 0 Å². The molecule has 0 aliphatic carbocycles. The van der Waals surface area contributed by atoms with Crippen LogP contribution in [0, 0.1) is 0 Å². The third kappa shape index (κ3) is 3.97. The monoisotopic (exact) mass is 309 g/mol. The molecule has 3 nitrogen and oxygen atoms in total. The molecule has 0 atom stereocenters. The van der Waals surface area contributed by atoms with Crippen molar-refractivity contribution < 1.29 is 9.90 Å². The Bertz CT molecular complexity index is 612. The molecule has 0 fully saturated rings. The van der Waals surface area contributed by atoms with Crippen molar-refractivity contribution in [1.29, 1.82) is 0 Å². The van der Waals surface area contributed by atoms with E-state index in [0.717, 1.165) is 11.1 Å². The van der Waals surface area contributed by atoms with E-state index in [4.69, 9.17) is 28.3 Å². The molecular weight excluding hydrogens is 297 g/mol. The molecular formula is C15H13Cl2NO2. The Morgan fingerprint density at radius 2 is 1.80 bits per heavy atom. The Hall–Kier alpha value is -1.55. The standard InChI is InChI=1S/C15H13Cl2NO2/c16-12-4-3-11(14(17)8-12)7-15(20)18-13-5-1-10(9-19)2-6-13/h1-6,8,19H,7,9H2,(H,18,20). The van der Waals surface area contributed by atoms with E-state index in [1.165, 1.54) is 0 Å². The molecule has 2 aromatic carbocycles. The highest BCUT2D eigenvalue weighted by Crippen LogP contribution is 2.21. The average molecular weight is 310 g/mol. The van der Waals surface area contributed by atoms with Crippen LogP contribution in [0.2, 0.25) is 10.0 Å². The van der Waals surface area contributed by atoms with Crippen LogP contribution in [0.25, 0.3) is 0 Å². The van der Waals surface area contributed by atoms with Gasteiger partial charge in [0, 0.05) is 15.7 Å². The Kier molecular flexibility index (Phi) is 5.01. The fourth-order valence-corrected chi connectivity index (χ4v) is 2.21. The van der Waals surface area contributed by atoms with Gasteiger partial charge in [0.05, 0.1) is 13.0 Å². The largest absolute Gasteiger partial charge is 0.392 e. The number of nitrogens with one attached hydrogen (secondary N) is 1. The van der Waals surface area contributed by atoms with Crippen LogP contribution < -0.4 is 5.32 Å². The first-order valence-electron chi connectivity index (χ1n) is 6.02. The molecule has 2 N–H and O–H groups in total. The number of halogens is 2. The number of carbonyl (C=O) groups is 1. The van der Waals surface area contributed by atoms with Crippen molar-refractivity contribution in [2.75, 3.05) is 5.32 Å². The summed E-state index contributed by atoms with van der Waals surface area (Å²) in [4.78, 5) is 11.9. The molecule has 0 saturated heterocycles. The van der Waals surface area contributed by atoms with Crippen molar-refractivity contribution in [1.82, 2.24) is 0 Å². The van der Waals surface area contributed by atoms with E-state index in [9.17, 15) is 4.79 Å². The summed E-state index contributed by atoms with van der Waals surface area (Å²) in [6, 6.07) is 12.0. The van der Waals surface area contributed by atoms with Gasteiger partial charge in [0.25, 0.3) is 0 Å². The predicted molar refractivity (Wildman–Crippen MR) is 81.2 cm³/mol. The van der Waals surface area contributed by atoms with Crippen molar-refractivity contribution in [2.45, 2.75) is 13.0 Å². The molecule has 0 bridgehead atoms. The van der Waals surface area contributed by atoms with Crippen LogP contribution in [0.1, 0.15) is 11.1 Å². The van der Waals surface area contributed by atoms with Gasteiger partial charge in [-0.3, -0.25) is 4.79 Å². The van der Waals surface area contributed by atoms with Crippen LogP contribution in [0.3, 0.4) is 0 Å². The van der Waals surface area contributed by atoms with E-state index < -0.39 is 0 Å². The first-order chi connectivity index (χ1) is 9.58. The zero-order valence-corrected chi connectivity index (χ0v) is 12.1. The molecule has 5 heteroatoms. The highest BCUT2D eigenvalue weighted by atomic mass is 35.5. The minimum atomic E-state index is -0.161. The van der Waals surface area contributed by atoms with E-state index in [2.05, 4.69) is 5.32 Å². The van der Waals surface area contributed by atoms with Gasteiger partial charge in [0.1, 0.15) is 0 Å². The zero-order chi connectivity index (χ0) is 14.5. The van der Waals surface area contributed by atoms with Gasteiger partial charge in [-0.2, -0.15) is 0 Å². The van der Waals surface area contributed by atoms with E-state index in [0.29, 0.717) is 15.7 Å². The van der Waals surface area contributed by atoms with Gasteiger partial charge in [-0.1, -0.05) is 41.4 Å². The normalized spacial score (nSPS) is 10.3. The van der Waals surface area contributed by atoms with Crippen LogP contribution in [0.4, 0.5) is 5.69 Å². The van der Waals surface area contributed by atoms with Crippen LogP contribution >= 0.6 is 23.2 Å². The van der Waals surface area contributed by atoms with E-state index >= 15 is 0 Å².